The number of sulfonamides is 1. The van der Waals surface area contributed by atoms with Gasteiger partial charge in [0, 0.05) is 26.2 Å². The van der Waals surface area contributed by atoms with Crippen molar-refractivity contribution in [2.75, 3.05) is 32.7 Å². The number of nitrogens with zero attached hydrogens (tertiary/aromatic N) is 3. The highest BCUT2D eigenvalue weighted by Crippen LogP contribution is 2.26. The summed E-state index contributed by atoms with van der Waals surface area (Å²) < 4.78 is 27.7. The van der Waals surface area contributed by atoms with Gasteiger partial charge in [-0.15, -0.1) is 0 Å². The molecule has 2 N–H and O–H groups in total. The van der Waals surface area contributed by atoms with Gasteiger partial charge in [0.1, 0.15) is 5.54 Å². The summed E-state index contributed by atoms with van der Waals surface area (Å²) in [7, 11) is -3.60. The Kier molecular flexibility index (Phi) is 6.47. The van der Waals surface area contributed by atoms with E-state index in [0.29, 0.717) is 24.4 Å². The second-order valence-corrected chi connectivity index (χ2v) is 11.0. The first-order valence-electron chi connectivity index (χ1n) is 11.4. The molecule has 1 atom stereocenters. The quantitative estimate of drug-likeness (QED) is 0.580. The van der Waals surface area contributed by atoms with Crippen LogP contribution < -0.4 is 10.7 Å². The maximum absolute atomic E-state index is 13.1. The van der Waals surface area contributed by atoms with Crippen molar-refractivity contribution in [3.8, 4) is 0 Å². The Bertz CT molecular complexity index is 1070. The van der Waals surface area contributed by atoms with E-state index in [1.165, 1.54) is 9.87 Å². The zero-order valence-electron chi connectivity index (χ0n) is 19.1. The molecule has 0 bridgehead atoms. The number of hydrazine groups is 1. The number of hydrogen-bond donors (Lipinski definition) is 2. The van der Waals surface area contributed by atoms with E-state index in [4.69, 9.17) is 0 Å². The van der Waals surface area contributed by atoms with Gasteiger partial charge in [0.05, 0.1) is 11.4 Å². The molecule has 4 rings (SSSR count). The Labute approximate surface area is 194 Å². The lowest BCUT2D eigenvalue weighted by Gasteiger charge is -2.34. The molecule has 0 saturated carbocycles. The third-order valence-corrected chi connectivity index (χ3v) is 8.76. The maximum atomic E-state index is 13.1. The van der Waals surface area contributed by atoms with Gasteiger partial charge in [-0.25, -0.2) is 13.2 Å². The highest BCUT2D eigenvalue weighted by atomic mass is 32.2. The zero-order valence-corrected chi connectivity index (χ0v) is 19.9. The lowest BCUT2D eigenvalue weighted by atomic mass is 9.92. The highest BCUT2D eigenvalue weighted by Gasteiger charge is 2.47. The van der Waals surface area contributed by atoms with E-state index in [2.05, 4.69) is 10.7 Å². The number of aryl methyl sites for hydroxylation is 2. The molecule has 10 nitrogen and oxygen atoms in total. The summed E-state index contributed by atoms with van der Waals surface area (Å²) in [6, 6.07) is 4.79. The van der Waals surface area contributed by atoms with Crippen LogP contribution in [0, 0.1) is 0 Å². The molecule has 1 aromatic rings. The second-order valence-electron chi connectivity index (χ2n) is 9.11. The minimum absolute atomic E-state index is 0.0351. The molecule has 1 unspecified atom stereocenters. The third-order valence-electron chi connectivity index (χ3n) is 6.86. The molecule has 0 radical (unpaired) electrons. The van der Waals surface area contributed by atoms with Crippen molar-refractivity contribution in [1.82, 2.24) is 25.0 Å². The third kappa shape index (κ3) is 4.62. The number of imide groups is 1. The van der Waals surface area contributed by atoms with Gasteiger partial charge in [0.2, 0.25) is 10.0 Å². The first-order valence-corrected chi connectivity index (χ1v) is 12.9. The van der Waals surface area contributed by atoms with Gasteiger partial charge in [-0.2, -0.15) is 9.31 Å². The molecule has 1 aromatic carbocycles. The van der Waals surface area contributed by atoms with Gasteiger partial charge in [-0.3, -0.25) is 19.9 Å². The van der Waals surface area contributed by atoms with E-state index >= 15 is 0 Å². The second kappa shape index (κ2) is 9.03. The lowest BCUT2D eigenvalue weighted by Crippen LogP contribution is -2.54. The fourth-order valence-corrected chi connectivity index (χ4v) is 6.01. The summed E-state index contributed by atoms with van der Waals surface area (Å²) in [6.45, 7) is 4.65. The molecule has 0 aromatic heterocycles. The van der Waals surface area contributed by atoms with Crippen LogP contribution >= 0.6 is 0 Å². The Hall–Kier alpha value is -2.50. The molecule has 11 heteroatoms. The van der Waals surface area contributed by atoms with Crippen molar-refractivity contribution in [1.29, 1.82) is 0 Å². The van der Waals surface area contributed by atoms with Gasteiger partial charge in [-0.1, -0.05) is 13.0 Å². The predicted octanol–water partition coefficient (Wildman–Crippen LogP) is 0.623. The number of hydrogen-bond acceptors (Lipinski definition) is 6. The summed E-state index contributed by atoms with van der Waals surface area (Å²) in [5.74, 6) is -0.992. The zero-order chi connectivity index (χ0) is 23.8. The number of piperazine rings is 1. The standard InChI is InChI=1S/C22H31N5O5S/c1-3-22(2)20(29)27(21(30)23-22)24-19(28)15-25-10-12-26(13-11-25)33(31,32)18-9-8-16-6-4-5-7-17(16)14-18/h8-9,14H,3-7,10-13,15H2,1-2H3,(H,23,30)(H,24,28). The predicted molar refractivity (Wildman–Crippen MR) is 120 cm³/mol. The van der Waals surface area contributed by atoms with Crippen LogP contribution in [0.4, 0.5) is 4.79 Å². The van der Waals surface area contributed by atoms with E-state index in [0.717, 1.165) is 36.3 Å². The van der Waals surface area contributed by atoms with Crippen molar-refractivity contribution < 1.29 is 22.8 Å². The largest absolute Gasteiger partial charge is 0.344 e. The summed E-state index contributed by atoms with van der Waals surface area (Å²) in [4.78, 5) is 39.0. The fourth-order valence-electron chi connectivity index (χ4n) is 4.54. The topological polar surface area (TPSA) is 119 Å². The smallest absolute Gasteiger partial charge is 0.322 e. The number of urea groups is 1. The molecule has 1 aliphatic carbocycles. The number of benzene rings is 1. The number of carbonyl (C=O) groups is 3. The summed E-state index contributed by atoms with van der Waals surface area (Å²) >= 11 is 0. The van der Waals surface area contributed by atoms with Crippen LogP contribution in [0.15, 0.2) is 23.1 Å². The molecule has 180 valence electrons. The van der Waals surface area contributed by atoms with Crippen molar-refractivity contribution in [3.05, 3.63) is 29.3 Å². The summed E-state index contributed by atoms with van der Waals surface area (Å²) in [6.07, 6.45) is 4.54. The first-order chi connectivity index (χ1) is 15.6. The van der Waals surface area contributed by atoms with E-state index in [1.807, 2.05) is 17.0 Å². The minimum Gasteiger partial charge on any atom is -0.322 e. The molecule has 2 aliphatic heterocycles. The van der Waals surface area contributed by atoms with Gasteiger partial charge >= 0.3 is 6.03 Å². The van der Waals surface area contributed by atoms with Crippen molar-refractivity contribution in [3.63, 3.8) is 0 Å². The molecule has 2 heterocycles. The van der Waals surface area contributed by atoms with E-state index in [-0.39, 0.29) is 19.6 Å². The summed E-state index contributed by atoms with van der Waals surface area (Å²) in [5, 5.41) is 3.31. The molecule has 2 saturated heterocycles. The van der Waals surface area contributed by atoms with Crippen LogP contribution in [-0.4, -0.2) is 78.7 Å². The van der Waals surface area contributed by atoms with Crippen LogP contribution in [0.2, 0.25) is 0 Å². The Morgan fingerprint density at radius 2 is 1.76 bits per heavy atom. The van der Waals surface area contributed by atoms with Crippen molar-refractivity contribution in [2.24, 2.45) is 0 Å². The van der Waals surface area contributed by atoms with Gasteiger partial charge < -0.3 is 5.32 Å². The number of carbonyl (C=O) groups excluding carboxylic acids is 3. The number of rotatable bonds is 6. The Morgan fingerprint density at radius 3 is 2.39 bits per heavy atom. The number of nitrogens with one attached hydrogen (secondary N) is 2. The molecular weight excluding hydrogens is 446 g/mol. The average Bonchev–Trinajstić information content (AvgIpc) is 3.02. The lowest BCUT2D eigenvalue weighted by molar-refractivity contribution is -0.139. The van der Waals surface area contributed by atoms with Gasteiger partial charge in [-0.05, 0) is 62.3 Å². The van der Waals surface area contributed by atoms with Gasteiger partial charge in [0.25, 0.3) is 11.8 Å². The fraction of sp³-hybridized carbons (Fsp3) is 0.591. The Balaban J connectivity index is 1.32. The van der Waals surface area contributed by atoms with Gasteiger partial charge in [0.15, 0.2) is 0 Å². The van der Waals surface area contributed by atoms with Crippen LogP contribution in [0.1, 0.15) is 44.2 Å². The molecule has 0 spiro atoms. The normalized spacial score (nSPS) is 24.5. The molecule has 3 aliphatic rings. The van der Waals surface area contributed by atoms with Crippen molar-refractivity contribution in [2.45, 2.75) is 56.4 Å². The van der Waals surface area contributed by atoms with Crippen LogP contribution in [0.5, 0.6) is 0 Å². The number of fused-ring (bicyclic) bond motifs is 1. The molecule has 4 amide bonds. The first kappa shape index (κ1) is 23.7. The minimum atomic E-state index is -3.60. The van der Waals surface area contributed by atoms with Crippen LogP contribution in [0.25, 0.3) is 0 Å². The van der Waals surface area contributed by atoms with Crippen LogP contribution in [-0.2, 0) is 32.5 Å². The summed E-state index contributed by atoms with van der Waals surface area (Å²) in [5.41, 5.74) is 3.70. The maximum Gasteiger partial charge on any atom is 0.344 e. The number of amides is 4. The van der Waals surface area contributed by atoms with E-state index < -0.39 is 33.4 Å². The molecule has 33 heavy (non-hydrogen) atoms. The SMILES string of the molecule is CCC1(C)NC(=O)N(NC(=O)CN2CCN(S(=O)(=O)c3ccc4c(c3)CCCC4)CC2)C1=O. The average molecular weight is 478 g/mol. The monoisotopic (exact) mass is 477 g/mol. The highest BCUT2D eigenvalue weighted by molar-refractivity contribution is 7.89. The van der Waals surface area contributed by atoms with Crippen LogP contribution in [0.3, 0.4) is 0 Å². The van der Waals surface area contributed by atoms with E-state index in [9.17, 15) is 22.8 Å². The molecule has 2 fully saturated rings. The van der Waals surface area contributed by atoms with Crippen molar-refractivity contribution >= 4 is 27.9 Å². The Morgan fingerprint density at radius 1 is 1.09 bits per heavy atom. The van der Waals surface area contributed by atoms with E-state index in [1.54, 1.807) is 19.9 Å². The molecular formula is C22H31N5O5S.